The fourth-order valence-electron chi connectivity index (χ4n) is 5.22. The van der Waals surface area contributed by atoms with Gasteiger partial charge in [-0.1, -0.05) is 56.3 Å². The van der Waals surface area contributed by atoms with Crippen molar-refractivity contribution in [3.8, 4) is 6.07 Å². The molecule has 7 N–H and O–H groups in total. The van der Waals surface area contributed by atoms with Crippen LogP contribution in [0, 0.1) is 23.2 Å². The highest BCUT2D eigenvalue weighted by molar-refractivity contribution is 5.96. The van der Waals surface area contributed by atoms with Crippen LogP contribution in [0.5, 0.6) is 0 Å². The monoisotopic (exact) mass is 590 g/mol. The molecule has 1 saturated heterocycles. The summed E-state index contributed by atoms with van der Waals surface area (Å²) in [6.45, 7) is 4.26. The second-order valence-corrected chi connectivity index (χ2v) is 11.1. The molecule has 12 nitrogen and oxygen atoms in total. The molecule has 3 rings (SSSR count). The Morgan fingerprint density at radius 3 is 2.42 bits per heavy atom. The Morgan fingerprint density at radius 2 is 1.77 bits per heavy atom. The topological polar surface area (TPSA) is 204 Å². The number of carboxylic acid groups (broad SMARTS) is 1. The van der Waals surface area contributed by atoms with Crippen molar-refractivity contribution in [3.05, 3.63) is 59.7 Å². The van der Waals surface area contributed by atoms with Crippen LogP contribution in [0.1, 0.15) is 45.1 Å². The number of hydrogen-bond acceptors (Lipinski definition) is 6. The number of primary amides is 1. The summed E-state index contributed by atoms with van der Waals surface area (Å²) in [5, 5.41) is 31.2. The third-order valence-electron chi connectivity index (χ3n) is 7.28. The van der Waals surface area contributed by atoms with Crippen LogP contribution in [0.3, 0.4) is 0 Å². The van der Waals surface area contributed by atoms with E-state index in [1.54, 1.807) is 6.07 Å². The van der Waals surface area contributed by atoms with E-state index in [4.69, 9.17) is 5.73 Å². The molecule has 0 aromatic heterocycles. The van der Waals surface area contributed by atoms with E-state index in [9.17, 15) is 34.3 Å². The molecule has 3 unspecified atom stereocenters. The normalized spacial score (nSPS) is 17.2. The first kappa shape index (κ1) is 32.6. The van der Waals surface area contributed by atoms with E-state index in [2.05, 4.69) is 21.3 Å². The molecular formula is C31H38N6O6. The molecule has 0 bridgehead atoms. The van der Waals surface area contributed by atoms with Crippen molar-refractivity contribution in [2.45, 2.75) is 64.1 Å². The van der Waals surface area contributed by atoms with Crippen LogP contribution in [0.15, 0.2) is 54.1 Å². The van der Waals surface area contributed by atoms with Crippen molar-refractivity contribution in [2.24, 2.45) is 17.6 Å². The molecule has 1 aliphatic rings. The summed E-state index contributed by atoms with van der Waals surface area (Å²) in [4.78, 5) is 62.9. The Bertz CT molecular complexity index is 1430. The zero-order valence-electron chi connectivity index (χ0n) is 24.3. The summed E-state index contributed by atoms with van der Waals surface area (Å²) in [7, 11) is 0. The SMILES string of the molecule is CC(C)CC(NC(=O)C(Cc1cccc2ccccc12)NC(=O)O)C(=O)NC(/C=C(\C#N)C(N)=O)C[C@@H]1CCCNC1=O. The molecule has 0 aliphatic carbocycles. The first-order valence-corrected chi connectivity index (χ1v) is 14.2. The molecule has 1 heterocycles. The molecule has 2 aromatic rings. The summed E-state index contributed by atoms with van der Waals surface area (Å²) in [6.07, 6.45) is 1.51. The maximum Gasteiger partial charge on any atom is 0.405 e. The van der Waals surface area contributed by atoms with Crippen LogP contribution in [0.25, 0.3) is 10.8 Å². The number of rotatable bonds is 13. The minimum absolute atomic E-state index is 0.0431. The molecule has 228 valence electrons. The molecule has 1 aliphatic heterocycles. The number of amides is 5. The van der Waals surface area contributed by atoms with Gasteiger partial charge in [-0.25, -0.2) is 4.79 Å². The zero-order chi connectivity index (χ0) is 31.5. The number of nitrogens with two attached hydrogens (primary N) is 1. The van der Waals surface area contributed by atoms with Crippen molar-refractivity contribution < 1.29 is 29.1 Å². The van der Waals surface area contributed by atoms with E-state index in [0.717, 1.165) is 22.8 Å². The van der Waals surface area contributed by atoms with Gasteiger partial charge in [-0.05, 0) is 54.0 Å². The molecule has 0 saturated carbocycles. The molecular weight excluding hydrogens is 552 g/mol. The second kappa shape index (κ2) is 15.3. The molecule has 0 spiro atoms. The van der Waals surface area contributed by atoms with E-state index in [-0.39, 0.29) is 36.7 Å². The number of carbonyl (C=O) groups is 5. The fraction of sp³-hybridized carbons (Fsp3) is 0.419. The second-order valence-electron chi connectivity index (χ2n) is 11.1. The van der Waals surface area contributed by atoms with Gasteiger partial charge in [-0.2, -0.15) is 5.26 Å². The van der Waals surface area contributed by atoms with Crippen molar-refractivity contribution in [1.29, 1.82) is 5.26 Å². The number of hydrogen-bond donors (Lipinski definition) is 6. The summed E-state index contributed by atoms with van der Waals surface area (Å²) in [5.41, 5.74) is 5.70. The standard InChI is InChI=1S/C31H38N6O6/c1-18(2)13-25(29(40)35-23(15-22(17-32)27(33)38)14-21-10-6-12-34-28(21)39)36-30(41)26(37-31(42)43)16-20-9-5-8-19-7-3-4-11-24(19)20/h3-5,7-9,11,15,18,21,23,25-26,37H,6,10,12-14,16H2,1-2H3,(H2,33,38)(H,34,39)(H,35,40)(H,36,41)(H,42,43)/b22-15+/t21-,23?,25?,26?/m0/s1. The average molecular weight is 591 g/mol. The Balaban J connectivity index is 1.84. The van der Waals surface area contributed by atoms with Gasteiger partial charge in [0, 0.05) is 24.9 Å². The smallest absolute Gasteiger partial charge is 0.405 e. The largest absolute Gasteiger partial charge is 0.465 e. The molecule has 4 atom stereocenters. The summed E-state index contributed by atoms with van der Waals surface area (Å²) < 4.78 is 0. The highest BCUT2D eigenvalue weighted by Crippen LogP contribution is 2.21. The van der Waals surface area contributed by atoms with Crippen molar-refractivity contribution >= 4 is 40.5 Å². The van der Waals surface area contributed by atoms with Gasteiger partial charge in [-0.3, -0.25) is 19.2 Å². The van der Waals surface area contributed by atoms with Gasteiger partial charge in [-0.15, -0.1) is 0 Å². The van der Waals surface area contributed by atoms with Crippen LogP contribution in [0.2, 0.25) is 0 Å². The van der Waals surface area contributed by atoms with E-state index in [0.29, 0.717) is 13.0 Å². The molecule has 12 heteroatoms. The lowest BCUT2D eigenvalue weighted by Crippen LogP contribution is -2.55. The summed E-state index contributed by atoms with van der Waals surface area (Å²) in [5.74, 6) is -2.98. The van der Waals surface area contributed by atoms with Gasteiger partial charge in [0.1, 0.15) is 23.7 Å². The summed E-state index contributed by atoms with van der Waals surface area (Å²) in [6, 6.07) is 11.6. The van der Waals surface area contributed by atoms with Gasteiger partial charge < -0.3 is 32.1 Å². The number of benzene rings is 2. The molecule has 5 amide bonds. The fourth-order valence-corrected chi connectivity index (χ4v) is 5.22. The van der Waals surface area contributed by atoms with Gasteiger partial charge >= 0.3 is 6.09 Å². The number of nitriles is 1. The Hall–Kier alpha value is -4.92. The maximum absolute atomic E-state index is 13.6. The van der Waals surface area contributed by atoms with Gasteiger partial charge in [0.15, 0.2) is 0 Å². The number of nitrogens with zero attached hydrogens (tertiary/aromatic N) is 1. The van der Waals surface area contributed by atoms with E-state index >= 15 is 0 Å². The van der Waals surface area contributed by atoms with Crippen LogP contribution < -0.4 is 27.0 Å². The zero-order valence-corrected chi connectivity index (χ0v) is 24.3. The highest BCUT2D eigenvalue weighted by atomic mass is 16.4. The average Bonchev–Trinajstić information content (AvgIpc) is 2.95. The van der Waals surface area contributed by atoms with Crippen molar-refractivity contribution in [2.75, 3.05) is 6.54 Å². The van der Waals surface area contributed by atoms with Crippen LogP contribution >= 0.6 is 0 Å². The first-order chi connectivity index (χ1) is 20.5. The first-order valence-electron chi connectivity index (χ1n) is 14.2. The number of carbonyl (C=O) groups excluding carboxylic acids is 4. The highest BCUT2D eigenvalue weighted by Gasteiger charge is 2.31. The maximum atomic E-state index is 13.6. The van der Waals surface area contributed by atoms with E-state index in [1.807, 2.05) is 56.3 Å². The molecule has 2 aromatic carbocycles. The number of piperidine rings is 1. The van der Waals surface area contributed by atoms with Crippen LogP contribution in [0.4, 0.5) is 4.79 Å². The molecule has 1 fully saturated rings. The van der Waals surface area contributed by atoms with Crippen LogP contribution in [-0.2, 0) is 25.6 Å². The number of nitrogens with one attached hydrogen (secondary N) is 4. The number of fused-ring (bicyclic) bond motifs is 1. The third kappa shape index (κ3) is 9.56. The molecule has 0 radical (unpaired) electrons. The Kier molecular flexibility index (Phi) is 11.6. The molecule has 43 heavy (non-hydrogen) atoms. The minimum atomic E-state index is -1.39. The summed E-state index contributed by atoms with van der Waals surface area (Å²) >= 11 is 0. The Morgan fingerprint density at radius 1 is 1.07 bits per heavy atom. The van der Waals surface area contributed by atoms with Gasteiger partial charge in [0.05, 0.1) is 0 Å². The lowest BCUT2D eigenvalue weighted by atomic mass is 9.90. The van der Waals surface area contributed by atoms with E-state index in [1.165, 1.54) is 6.08 Å². The van der Waals surface area contributed by atoms with Crippen LogP contribution in [-0.4, -0.2) is 59.5 Å². The predicted octanol–water partition coefficient (Wildman–Crippen LogP) is 1.89. The van der Waals surface area contributed by atoms with Crippen molar-refractivity contribution in [1.82, 2.24) is 21.3 Å². The third-order valence-corrected chi connectivity index (χ3v) is 7.28. The van der Waals surface area contributed by atoms with Gasteiger partial charge in [0.25, 0.3) is 5.91 Å². The van der Waals surface area contributed by atoms with Crippen molar-refractivity contribution in [3.63, 3.8) is 0 Å². The minimum Gasteiger partial charge on any atom is -0.465 e. The van der Waals surface area contributed by atoms with Gasteiger partial charge in [0.2, 0.25) is 17.7 Å². The lowest BCUT2D eigenvalue weighted by Gasteiger charge is -2.28. The Labute approximate surface area is 250 Å². The lowest BCUT2D eigenvalue weighted by molar-refractivity contribution is -0.131. The van der Waals surface area contributed by atoms with E-state index < -0.39 is 47.9 Å². The predicted molar refractivity (Wildman–Crippen MR) is 159 cm³/mol. The quantitative estimate of drug-likeness (QED) is 0.151.